The van der Waals surface area contributed by atoms with Crippen molar-refractivity contribution in [3.8, 4) is 0 Å². The number of nitrogens with two attached hydrogens (primary N) is 1. The maximum atomic E-state index is 13.1. The Hall–Kier alpha value is -2.58. The molecule has 2 aliphatic rings. The second kappa shape index (κ2) is 6.86. The molecule has 8 nitrogen and oxygen atoms in total. The Bertz CT molecular complexity index is 898. The summed E-state index contributed by atoms with van der Waals surface area (Å²) in [5.74, 6) is -0.158. The van der Waals surface area contributed by atoms with E-state index in [0.717, 1.165) is 5.69 Å². The fourth-order valence-electron chi connectivity index (χ4n) is 3.79. The number of carbonyl (C=O) groups excluding carboxylic acids is 2. The summed E-state index contributed by atoms with van der Waals surface area (Å²) in [5, 5.41) is 7.31. The normalized spacial score (nSPS) is 22.4. The van der Waals surface area contributed by atoms with Crippen molar-refractivity contribution in [2.45, 2.75) is 12.0 Å². The van der Waals surface area contributed by atoms with Crippen LogP contribution >= 0.6 is 11.6 Å². The summed E-state index contributed by atoms with van der Waals surface area (Å²) in [6, 6.07) is 6.67. The number of rotatable bonds is 3. The zero-order valence-corrected chi connectivity index (χ0v) is 15.7. The fraction of sp³-hybridized carbons (Fsp3) is 0.389. The fourth-order valence-corrected chi connectivity index (χ4v) is 3.99. The highest BCUT2D eigenvalue weighted by atomic mass is 35.5. The van der Waals surface area contributed by atoms with E-state index in [1.165, 1.54) is 0 Å². The number of aryl methyl sites for hydroxylation is 1. The van der Waals surface area contributed by atoms with E-state index in [-0.39, 0.29) is 23.9 Å². The van der Waals surface area contributed by atoms with E-state index in [4.69, 9.17) is 17.3 Å². The molecule has 142 valence electrons. The van der Waals surface area contributed by atoms with E-state index >= 15 is 0 Å². The highest BCUT2D eigenvalue weighted by Gasteiger charge is 2.36. The number of aromatic nitrogens is 2. The number of likely N-dealkylation sites (tertiary alicyclic amines) is 1. The lowest BCUT2D eigenvalue weighted by Gasteiger charge is -2.20. The number of carbonyl (C=O) groups is 2. The Balaban J connectivity index is 1.58. The van der Waals surface area contributed by atoms with Crippen LogP contribution in [0.3, 0.4) is 0 Å². The van der Waals surface area contributed by atoms with Gasteiger partial charge in [0.15, 0.2) is 0 Å². The summed E-state index contributed by atoms with van der Waals surface area (Å²) in [4.78, 5) is 28.3. The molecule has 0 bridgehead atoms. The first-order chi connectivity index (χ1) is 13.0. The van der Waals surface area contributed by atoms with E-state index in [1.54, 1.807) is 38.9 Å². The Kier molecular flexibility index (Phi) is 4.53. The average Bonchev–Trinajstić information content (AvgIpc) is 3.35. The van der Waals surface area contributed by atoms with Gasteiger partial charge in [-0.3, -0.25) is 14.4 Å². The van der Waals surface area contributed by atoms with E-state index in [1.807, 2.05) is 13.1 Å². The summed E-state index contributed by atoms with van der Waals surface area (Å²) in [6.45, 7) is 2.09. The number of nitrogens with zero attached hydrogens (tertiary/aromatic N) is 4. The lowest BCUT2D eigenvalue weighted by Crippen LogP contribution is -2.33. The molecule has 3 amide bonds. The van der Waals surface area contributed by atoms with Crippen LogP contribution in [0, 0.1) is 0 Å². The number of nitrogens with one attached hydrogen (secondary N) is 1. The number of hydrogen-bond donors (Lipinski definition) is 2. The third-order valence-corrected chi connectivity index (χ3v) is 5.57. The molecule has 2 aromatic rings. The zero-order chi connectivity index (χ0) is 19.1. The van der Waals surface area contributed by atoms with Crippen molar-refractivity contribution in [1.29, 1.82) is 0 Å². The molecule has 4 rings (SSSR count). The summed E-state index contributed by atoms with van der Waals surface area (Å²) >= 11 is 6.30. The molecule has 0 aliphatic carbocycles. The second-order valence-corrected chi connectivity index (χ2v) is 7.32. The molecular formula is C18H21ClN6O2. The SMILES string of the molecule is Cn1nccc1[C@@H]1CN(C(=O)c2cc(N3CCNC3=O)ccc2Cl)C[C@H]1N. The molecule has 1 aromatic heterocycles. The molecule has 27 heavy (non-hydrogen) atoms. The maximum absolute atomic E-state index is 13.1. The molecule has 3 N–H and O–H groups in total. The molecule has 2 fully saturated rings. The van der Waals surface area contributed by atoms with Crippen LogP contribution < -0.4 is 16.0 Å². The van der Waals surface area contributed by atoms with Crippen LogP contribution in [0.4, 0.5) is 10.5 Å². The van der Waals surface area contributed by atoms with Gasteiger partial charge in [0.1, 0.15) is 0 Å². The molecule has 0 saturated carbocycles. The summed E-state index contributed by atoms with van der Waals surface area (Å²) in [6.07, 6.45) is 1.73. The van der Waals surface area contributed by atoms with Crippen LogP contribution in [0.15, 0.2) is 30.5 Å². The van der Waals surface area contributed by atoms with Gasteiger partial charge in [-0.25, -0.2) is 4.79 Å². The molecule has 1 aromatic carbocycles. The number of amides is 3. The van der Waals surface area contributed by atoms with Crippen LogP contribution in [0.1, 0.15) is 22.0 Å². The average molecular weight is 389 g/mol. The summed E-state index contributed by atoms with van der Waals surface area (Å²) in [5.41, 5.74) is 8.35. The van der Waals surface area contributed by atoms with Gasteiger partial charge in [0, 0.05) is 62.8 Å². The minimum absolute atomic E-state index is 0.0211. The summed E-state index contributed by atoms with van der Waals surface area (Å²) < 4.78 is 1.79. The predicted molar refractivity (Wildman–Crippen MR) is 102 cm³/mol. The number of anilines is 1. The lowest BCUT2D eigenvalue weighted by molar-refractivity contribution is 0.0789. The topological polar surface area (TPSA) is 96.5 Å². The first-order valence-electron chi connectivity index (χ1n) is 8.83. The van der Waals surface area contributed by atoms with Crippen molar-refractivity contribution in [2.75, 3.05) is 31.1 Å². The highest BCUT2D eigenvalue weighted by Crippen LogP contribution is 2.30. The number of hydrogen-bond acceptors (Lipinski definition) is 4. The molecule has 0 unspecified atom stereocenters. The Morgan fingerprint density at radius 3 is 2.81 bits per heavy atom. The predicted octanol–water partition coefficient (Wildman–Crippen LogP) is 1.17. The van der Waals surface area contributed by atoms with Crippen molar-refractivity contribution in [3.05, 3.63) is 46.7 Å². The van der Waals surface area contributed by atoms with Gasteiger partial charge in [0.2, 0.25) is 0 Å². The van der Waals surface area contributed by atoms with Gasteiger partial charge < -0.3 is 16.0 Å². The first-order valence-corrected chi connectivity index (χ1v) is 9.21. The monoisotopic (exact) mass is 388 g/mol. The van der Waals surface area contributed by atoms with Gasteiger partial charge >= 0.3 is 6.03 Å². The molecule has 2 aliphatic heterocycles. The first kappa shape index (κ1) is 17.8. The highest BCUT2D eigenvalue weighted by molar-refractivity contribution is 6.34. The van der Waals surface area contributed by atoms with Crippen molar-refractivity contribution < 1.29 is 9.59 Å². The minimum atomic E-state index is -0.179. The van der Waals surface area contributed by atoms with E-state index < -0.39 is 0 Å². The Labute approximate surface area is 161 Å². The standard InChI is InChI=1S/C18H21ClN6O2/c1-23-16(4-5-22-23)13-9-24(10-15(13)20)17(26)12-8-11(2-3-14(12)19)25-7-6-21-18(25)27/h2-5,8,13,15H,6-7,9-10,20H2,1H3,(H,21,27)/t13-,15-/m1/s1. The molecule has 0 radical (unpaired) electrons. The third-order valence-electron chi connectivity index (χ3n) is 5.24. The zero-order valence-electron chi connectivity index (χ0n) is 14.9. The molecule has 9 heteroatoms. The quantitative estimate of drug-likeness (QED) is 0.824. The van der Waals surface area contributed by atoms with Gasteiger partial charge in [-0.05, 0) is 24.3 Å². The van der Waals surface area contributed by atoms with Crippen LogP contribution in [0.5, 0.6) is 0 Å². The van der Waals surface area contributed by atoms with Crippen molar-refractivity contribution in [3.63, 3.8) is 0 Å². The second-order valence-electron chi connectivity index (χ2n) is 6.91. The Morgan fingerprint density at radius 2 is 2.15 bits per heavy atom. The van der Waals surface area contributed by atoms with E-state index in [0.29, 0.717) is 42.5 Å². The van der Waals surface area contributed by atoms with Gasteiger partial charge in [0.25, 0.3) is 5.91 Å². The van der Waals surface area contributed by atoms with Crippen LogP contribution in [-0.2, 0) is 7.05 Å². The minimum Gasteiger partial charge on any atom is -0.336 e. The van der Waals surface area contributed by atoms with Crippen molar-refractivity contribution in [2.24, 2.45) is 12.8 Å². The van der Waals surface area contributed by atoms with E-state index in [9.17, 15) is 9.59 Å². The maximum Gasteiger partial charge on any atom is 0.321 e. The van der Waals surface area contributed by atoms with Crippen molar-refractivity contribution in [1.82, 2.24) is 20.0 Å². The van der Waals surface area contributed by atoms with Gasteiger partial charge in [0.05, 0.1) is 10.6 Å². The van der Waals surface area contributed by atoms with E-state index in [2.05, 4.69) is 10.4 Å². The smallest absolute Gasteiger partial charge is 0.321 e. The molecular weight excluding hydrogens is 368 g/mol. The molecule has 3 heterocycles. The third kappa shape index (κ3) is 3.15. The molecule has 2 atom stereocenters. The number of halogens is 1. The van der Waals surface area contributed by atoms with Gasteiger partial charge in [-0.15, -0.1) is 0 Å². The summed E-state index contributed by atoms with van der Waals surface area (Å²) in [7, 11) is 1.87. The molecule has 0 spiro atoms. The number of urea groups is 1. The van der Waals surface area contributed by atoms with Gasteiger partial charge in [-0.2, -0.15) is 5.10 Å². The lowest BCUT2D eigenvalue weighted by atomic mass is 10.0. The van der Waals surface area contributed by atoms with Crippen LogP contribution in [0.25, 0.3) is 0 Å². The van der Waals surface area contributed by atoms with Crippen molar-refractivity contribution >= 4 is 29.2 Å². The number of benzene rings is 1. The Morgan fingerprint density at radius 1 is 1.33 bits per heavy atom. The van der Waals surface area contributed by atoms with Crippen LogP contribution in [-0.4, -0.2) is 58.8 Å². The van der Waals surface area contributed by atoms with Crippen LogP contribution in [0.2, 0.25) is 5.02 Å². The largest absolute Gasteiger partial charge is 0.336 e. The van der Waals surface area contributed by atoms with Gasteiger partial charge in [-0.1, -0.05) is 11.6 Å². The molecule has 2 saturated heterocycles.